The summed E-state index contributed by atoms with van der Waals surface area (Å²) in [5.74, 6) is -1.07. The molecule has 3 heterocycles. The van der Waals surface area contributed by atoms with Gasteiger partial charge in [0.2, 0.25) is 5.28 Å². The largest absolute Gasteiger partial charge is 0.463 e. The van der Waals surface area contributed by atoms with Crippen LogP contribution < -0.4 is 5.32 Å². The van der Waals surface area contributed by atoms with Crippen LogP contribution in [0.5, 0.6) is 0 Å². The topological polar surface area (TPSA) is 127 Å². The van der Waals surface area contributed by atoms with Crippen LogP contribution in [0.1, 0.15) is 39.8 Å². The normalized spacial score (nSPS) is 18.9. The Morgan fingerprint density at radius 3 is 2.55 bits per heavy atom. The average Bonchev–Trinajstić information content (AvgIpc) is 3.38. The number of esters is 2. The fourth-order valence-corrected chi connectivity index (χ4v) is 3.45. The van der Waals surface area contributed by atoms with E-state index in [1.165, 1.54) is 6.92 Å². The zero-order valence-corrected chi connectivity index (χ0v) is 18.6. The molecule has 2 aromatic heterocycles. The number of anilines is 1. The van der Waals surface area contributed by atoms with Gasteiger partial charge in [0.05, 0.1) is 32.3 Å². The first-order chi connectivity index (χ1) is 14.8. The van der Waals surface area contributed by atoms with E-state index in [2.05, 4.69) is 20.3 Å². The van der Waals surface area contributed by atoms with E-state index in [0.29, 0.717) is 29.8 Å². The highest BCUT2D eigenvalue weighted by atomic mass is 35.5. The van der Waals surface area contributed by atoms with Gasteiger partial charge < -0.3 is 24.3 Å². The molecule has 0 aromatic carbocycles. The molecule has 0 saturated carbocycles. The van der Waals surface area contributed by atoms with Crippen molar-refractivity contribution in [3.05, 3.63) is 11.6 Å². The second kappa shape index (κ2) is 9.75. The van der Waals surface area contributed by atoms with E-state index in [0.717, 1.165) is 0 Å². The van der Waals surface area contributed by atoms with Crippen LogP contribution in [-0.4, -0.2) is 70.0 Å². The van der Waals surface area contributed by atoms with Crippen LogP contribution in [0.25, 0.3) is 11.2 Å². The predicted octanol–water partition coefficient (Wildman–Crippen LogP) is 2.10. The standard InChI is InChI=1S/C19H26ClN5O6/c1-5-28-16(26)19(3,17(27)29-6-2)30-9-11-7-8-12(31-11)25-10-22-13-14(21-4)23-18(20)24-15(13)25/h10-12H,5-9H2,1-4H3,(H,21,23,24). The minimum absolute atomic E-state index is 0.00869. The first kappa shape index (κ1) is 23.2. The number of imidazole rings is 1. The van der Waals surface area contributed by atoms with E-state index in [-0.39, 0.29) is 37.4 Å². The molecule has 0 radical (unpaired) electrons. The van der Waals surface area contributed by atoms with Crippen molar-refractivity contribution in [2.75, 3.05) is 32.2 Å². The molecule has 1 aliphatic heterocycles. The summed E-state index contributed by atoms with van der Waals surface area (Å²) >= 11 is 6.03. The van der Waals surface area contributed by atoms with Gasteiger partial charge >= 0.3 is 11.9 Å². The Bertz CT molecular complexity index is 933. The van der Waals surface area contributed by atoms with Gasteiger partial charge in [-0.25, -0.2) is 14.6 Å². The fraction of sp³-hybridized carbons (Fsp3) is 0.632. The number of carbonyl (C=O) groups is 2. The maximum Gasteiger partial charge on any atom is 0.349 e. The Morgan fingerprint density at radius 1 is 1.26 bits per heavy atom. The number of nitrogens with one attached hydrogen (secondary N) is 1. The molecule has 0 aliphatic carbocycles. The second-order valence-electron chi connectivity index (χ2n) is 6.99. The predicted molar refractivity (Wildman–Crippen MR) is 111 cm³/mol. The molecule has 3 rings (SSSR count). The molecule has 2 atom stereocenters. The lowest BCUT2D eigenvalue weighted by Crippen LogP contribution is -2.49. The van der Waals surface area contributed by atoms with Crippen molar-refractivity contribution in [1.29, 1.82) is 0 Å². The molecule has 170 valence electrons. The van der Waals surface area contributed by atoms with Crippen LogP contribution in [0.15, 0.2) is 6.33 Å². The number of nitrogens with zero attached hydrogens (tertiary/aromatic N) is 4. The molecule has 0 bridgehead atoms. The first-order valence-corrected chi connectivity index (χ1v) is 10.4. The van der Waals surface area contributed by atoms with E-state index in [9.17, 15) is 9.59 Å². The van der Waals surface area contributed by atoms with Gasteiger partial charge in [0, 0.05) is 7.05 Å². The monoisotopic (exact) mass is 455 g/mol. The highest BCUT2D eigenvalue weighted by Gasteiger charge is 2.46. The summed E-state index contributed by atoms with van der Waals surface area (Å²) in [4.78, 5) is 37.4. The molecule has 12 heteroatoms. The fourth-order valence-electron chi connectivity index (χ4n) is 3.29. The van der Waals surface area contributed by atoms with E-state index in [4.69, 9.17) is 30.5 Å². The molecule has 31 heavy (non-hydrogen) atoms. The Hall–Kier alpha value is -2.50. The maximum atomic E-state index is 12.3. The van der Waals surface area contributed by atoms with E-state index >= 15 is 0 Å². The zero-order chi connectivity index (χ0) is 22.6. The minimum atomic E-state index is -1.86. The van der Waals surface area contributed by atoms with Gasteiger partial charge in [-0.3, -0.25) is 4.57 Å². The van der Waals surface area contributed by atoms with Crippen LogP contribution in [0, 0.1) is 0 Å². The molecule has 2 aromatic rings. The summed E-state index contributed by atoms with van der Waals surface area (Å²) in [6.45, 7) is 4.89. The lowest BCUT2D eigenvalue weighted by atomic mass is 10.1. The Labute approximate surface area is 184 Å². The molecule has 1 aliphatic rings. The van der Waals surface area contributed by atoms with Crippen molar-refractivity contribution < 1.29 is 28.5 Å². The van der Waals surface area contributed by atoms with Gasteiger partial charge in [-0.15, -0.1) is 0 Å². The van der Waals surface area contributed by atoms with Crippen LogP contribution in [0.3, 0.4) is 0 Å². The third-order valence-electron chi connectivity index (χ3n) is 4.91. The van der Waals surface area contributed by atoms with Crippen molar-refractivity contribution in [3.8, 4) is 0 Å². The molecule has 2 unspecified atom stereocenters. The van der Waals surface area contributed by atoms with Crippen LogP contribution >= 0.6 is 11.6 Å². The third-order valence-corrected chi connectivity index (χ3v) is 5.08. The van der Waals surface area contributed by atoms with E-state index in [1.807, 2.05) is 0 Å². The quantitative estimate of drug-likeness (QED) is 0.341. The summed E-state index contributed by atoms with van der Waals surface area (Å²) in [6, 6.07) is 0. The van der Waals surface area contributed by atoms with Crippen LogP contribution in [0.2, 0.25) is 5.28 Å². The van der Waals surface area contributed by atoms with Crippen molar-refractivity contribution in [2.45, 2.75) is 51.5 Å². The van der Waals surface area contributed by atoms with Gasteiger partial charge in [0.25, 0.3) is 5.60 Å². The average molecular weight is 456 g/mol. The lowest BCUT2D eigenvalue weighted by Gasteiger charge is -2.26. The lowest BCUT2D eigenvalue weighted by molar-refractivity contribution is -0.192. The number of aromatic nitrogens is 4. The Kier molecular flexibility index (Phi) is 7.29. The number of hydrogen-bond donors (Lipinski definition) is 1. The van der Waals surface area contributed by atoms with Gasteiger partial charge in [0.15, 0.2) is 17.0 Å². The smallest absolute Gasteiger partial charge is 0.349 e. The van der Waals surface area contributed by atoms with Gasteiger partial charge in [-0.2, -0.15) is 9.97 Å². The highest BCUT2D eigenvalue weighted by Crippen LogP contribution is 2.32. The minimum Gasteiger partial charge on any atom is -0.463 e. The van der Waals surface area contributed by atoms with Crippen molar-refractivity contribution in [2.24, 2.45) is 0 Å². The number of hydrogen-bond acceptors (Lipinski definition) is 10. The van der Waals surface area contributed by atoms with Crippen molar-refractivity contribution in [3.63, 3.8) is 0 Å². The molecule has 0 spiro atoms. The summed E-state index contributed by atoms with van der Waals surface area (Å²) in [7, 11) is 1.72. The van der Waals surface area contributed by atoms with Crippen LogP contribution in [0.4, 0.5) is 5.82 Å². The number of carbonyl (C=O) groups excluding carboxylic acids is 2. The molecule has 1 fully saturated rings. The number of ether oxygens (including phenoxy) is 4. The third kappa shape index (κ3) is 4.73. The molecular formula is C19H26ClN5O6. The molecule has 11 nitrogen and oxygen atoms in total. The van der Waals surface area contributed by atoms with Gasteiger partial charge in [0.1, 0.15) is 6.23 Å². The molecule has 1 saturated heterocycles. The number of halogens is 1. The molecule has 0 amide bonds. The maximum absolute atomic E-state index is 12.3. The zero-order valence-electron chi connectivity index (χ0n) is 17.9. The summed E-state index contributed by atoms with van der Waals surface area (Å²) in [6.07, 6.45) is 2.21. The van der Waals surface area contributed by atoms with Crippen molar-refractivity contribution in [1.82, 2.24) is 19.5 Å². The molecule has 1 N–H and O–H groups in total. The van der Waals surface area contributed by atoms with E-state index in [1.54, 1.807) is 31.8 Å². The summed E-state index contributed by atoms with van der Waals surface area (Å²) in [5, 5.41) is 3.04. The SMILES string of the molecule is CCOC(=O)C(C)(OCC1CCC(n2cnc3c(NC)nc(Cl)nc32)O1)C(=O)OCC. The number of rotatable bonds is 9. The van der Waals surface area contributed by atoms with E-state index < -0.39 is 17.5 Å². The highest BCUT2D eigenvalue weighted by molar-refractivity contribution is 6.28. The first-order valence-electron chi connectivity index (χ1n) is 10.1. The van der Waals surface area contributed by atoms with Crippen LogP contribution in [-0.2, 0) is 28.5 Å². The summed E-state index contributed by atoms with van der Waals surface area (Å²) in [5.41, 5.74) is -0.747. The summed E-state index contributed by atoms with van der Waals surface area (Å²) < 4.78 is 23.5. The number of fused-ring (bicyclic) bond motifs is 1. The Morgan fingerprint density at radius 2 is 1.94 bits per heavy atom. The molecular weight excluding hydrogens is 430 g/mol. The Balaban J connectivity index is 1.71. The second-order valence-corrected chi connectivity index (χ2v) is 7.33. The van der Waals surface area contributed by atoms with Crippen molar-refractivity contribution >= 4 is 40.5 Å². The van der Waals surface area contributed by atoms with Gasteiger partial charge in [-0.05, 0) is 45.2 Å². The van der Waals surface area contributed by atoms with Gasteiger partial charge in [-0.1, -0.05) is 0 Å².